The van der Waals surface area contributed by atoms with Gasteiger partial charge in [0, 0.05) is 43.5 Å². The summed E-state index contributed by atoms with van der Waals surface area (Å²) in [5, 5.41) is 28.3. The fourth-order valence-electron chi connectivity index (χ4n) is 7.72. The van der Waals surface area contributed by atoms with Crippen molar-refractivity contribution in [2.75, 3.05) is 26.2 Å². The molecule has 0 radical (unpaired) electrons. The minimum atomic E-state index is -0.934. The van der Waals surface area contributed by atoms with Crippen LogP contribution in [0.3, 0.4) is 0 Å². The fraction of sp³-hybridized carbons (Fsp3) is 0.444. The Morgan fingerprint density at radius 1 is 1.00 bits per heavy atom. The Labute approximate surface area is 203 Å². The van der Waals surface area contributed by atoms with Crippen molar-refractivity contribution in [2.24, 2.45) is 51.7 Å². The van der Waals surface area contributed by atoms with Crippen molar-refractivity contribution >= 4 is 11.7 Å². The number of β-amino-alcohol motifs (C(OH)–C–C–N with tert-alkyl or cyclic N) is 1. The molecule has 2 bridgehead atoms. The number of allylic oxidation sites excluding steroid dienone is 2. The molecule has 8 heteroatoms. The van der Waals surface area contributed by atoms with Gasteiger partial charge in [-0.05, 0) is 59.3 Å². The molecule has 2 saturated carbocycles. The van der Waals surface area contributed by atoms with E-state index >= 15 is 0 Å². The van der Waals surface area contributed by atoms with Crippen molar-refractivity contribution in [3.05, 3.63) is 77.4 Å². The van der Waals surface area contributed by atoms with Gasteiger partial charge in [-0.2, -0.15) is 10.2 Å². The van der Waals surface area contributed by atoms with E-state index in [1.165, 1.54) is 5.57 Å². The van der Waals surface area contributed by atoms with Crippen LogP contribution in [0.2, 0.25) is 0 Å². The van der Waals surface area contributed by atoms with E-state index in [1.807, 2.05) is 18.2 Å². The highest BCUT2D eigenvalue weighted by Crippen LogP contribution is 2.70. The third-order valence-electron chi connectivity index (χ3n) is 9.01. The zero-order valence-electron chi connectivity index (χ0n) is 19.2. The topological polar surface area (TPSA) is 111 Å². The molecule has 3 heterocycles. The Balaban J connectivity index is 1.32. The van der Waals surface area contributed by atoms with Crippen LogP contribution in [-0.2, 0) is 0 Å². The number of carboxylic acids is 1. The molecule has 8 nitrogen and oxygen atoms in total. The van der Waals surface area contributed by atoms with E-state index in [2.05, 4.69) is 27.0 Å². The van der Waals surface area contributed by atoms with Crippen molar-refractivity contribution in [1.29, 1.82) is 0 Å². The smallest absolute Gasteiger partial charge is 0.335 e. The van der Waals surface area contributed by atoms with Crippen LogP contribution in [0.4, 0.5) is 0 Å². The maximum Gasteiger partial charge on any atom is 0.335 e. The molecule has 0 spiro atoms. The van der Waals surface area contributed by atoms with E-state index in [0.29, 0.717) is 41.3 Å². The van der Waals surface area contributed by atoms with E-state index in [-0.39, 0.29) is 24.1 Å². The number of aromatic nitrogens is 2. The quantitative estimate of drug-likeness (QED) is 0.650. The number of aromatic carboxylic acids is 1. The summed E-state index contributed by atoms with van der Waals surface area (Å²) in [5.74, 6) is 2.97. The maximum atomic E-state index is 11.4. The number of aliphatic hydroxyl groups excluding tert-OH is 1. The van der Waals surface area contributed by atoms with Gasteiger partial charge in [0.1, 0.15) is 6.04 Å². The summed E-state index contributed by atoms with van der Waals surface area (Å²) in [4.78, 5) is 22.9. The van der Waals surface area contributed by atoms with Crippen molar-refractivity contribution in [1.82, 2.24) is 14.9 Å². The zero-order chi connectivity index (χ0) is 23.7. The van der Waals surface area contributed by atoms with E-state index in [9.17, 15) is 15.0 Å². The highest BCUT2D eigenvalue weighted by atomic mass is 16.4. The summed E-state index contributed by atoms with van der Waals surface area (Å²) in [7, 11) is 0. The Morgan fingerprint density at radius 2 is 1.71 bits per heavy atom. The van der Waals surface area contributed by atoms with Gasteiger partial charge < -0.3 is 15.1 Å². The first-order chi connectivity index (χ1) is 17.2. The van der Waals surface area contributed by atoms with Crippen LogP contribution in [0.1, 0.15) is 27.8 Å². The molecule has 8 atom stereocenters. The molecule has 4 aliphatic carbocycles. The number of nitrogens with zero attached hydrogens (tertiary/aromatic N) is 5. The van der Waals surface area contributed by atoms with Gasteiger partial charge in [-0.1, -0.05) is 24.3 Å². The van der Waals surface area contributed by atoms with E-state index in [0.717, 1.165) is 30.9 Å². The Morgan fingerprint density at radius 3 is 2.43 bits per heavy atom. The summed E-state index contributed by atoms with van der Waals surface area (Å²) < 4.78 is 0. The number of benzene rings is 1. The first-order valence-electron chi connectivity index (χ1n) is 12.4. The molecule has 1 saturated heterocycles. The number of likely N-dealkylation sites (tertiary alicyclic amines) is 1. The molecule has 3 fully saturated rings. The third-order valence-corrected chi connectivity index (χ3v) is 9.01. The minimum Gasteiger partial charge on any atom is -0.478 e. The molecule has 8 unspecified atom stereocenters. The van der Waals surface area contributed by atoms with Crippen LogP contribution in [0, 0.1) is 41.4 Å². The average molecular weight is 470 g/mol. The van der Waals surface area contributed by atoms with Crippen molar-refractivity contribution in [3.63, 3.8) is 0 Å². The molecule has 2 aliphatic heterocycles. The van der Waals surface area contributed by atoms with Crippen LogP contribution >= 0.6 is 0 Å². The normalized spacial score (nSPS) is 36.5. The second-order valence-electron chi connectivity index (χ2n) is 10.4. The number of fused-ring (bicyclic) bond motifs is 1. The molecule has 2 aromatic rings. The van der Waals surface area contributed by atoms with E-state index < -0.39 is 5.97 Å². The van der Waals surface area contributed by atoms with Gasteiger partial charge in [0.05, 0.1) is 17.9 Å². The number of hydrogen-bond donors (Lipinski definition) is 2. The largest absolute Gasteiger partial charge is 0.478 e. The molecule has 1 aromatic carbocycles. The second-order valence-corrected chi connectivity index (χ2v) is 10.4. The molecule has 6 aliphatic rings. The zero-order valence-corrected chi connectivity index (χ0v) is 19.2. The monoisotopic (exact) mass is 469 g/mol. The molecular weight excluding hydrogens is 442 g/mol. The first kappa shape index (κ1) is 21.1. The van der Waals surface area contributed by atoms with Gasteiger partial charge in [0.25, 0.3) is 0 Å². The lowest BCUT2D eigenvalue weighted by molar-refractivity contribution is -0.0432. The van der Waals surface area contributed by atoms with Gasteiger partial charge in [0.2, 0.25) is 0 Å². The summed E-state index contributed by atoms with van der Waals surface area (Å²) in [6.45, 7) is 3.02. The van der Waals surface area contributed by atoms with Gasteiger partial charge in [-0.15, -0.1) is 0 Å². The van der Waals surface area contributed by atoms with Crippen LogP contribution in [0.5, 0.6) is 0 Å². The summed E-state index contributed by atoms with van der Waals surface area (Å²) in [6.07, 6.45) is 8.42. The van der Waals surface area contributed by atoms with Crippen LogP contribution in [-0.4, -0.2) is 57.3 Å². The molecular formula is C27H27N5O3. The Bertz CT molecular complexity index is 1260. The van der Waals surface area contributed by atoms with Gasteiger partial charge in [-0.25, -0.2) is 14.8 Å². The van der Waals surface area contributed by atoms with Crippen LogP contribution in [0.25, 0.3) is 5.70 Å². The minimum absolute atomic E-state index is 0.194. The second kappa shape index (κ2) is 7.90. The average Bonchev–Trinajstić information content (AvgIpc) is 3.32. The van der Waals surface area contributed by atoms with Crippen molar-refractivity contribution in [3.8, 4) is 0 Å². The number of hydrogen-bond acceptors (Lipinski definition) is 7. The lowest BCUT2D eigenvalue weighted by atomic mass is 9.40. The first-order valence-corrected chi connectivity index (χ1v) is 12.4. The standard InChI is InChI=1S/C27H27N5O3/c33-11-10-32-12-18-16-6-7-17(19(18)13-32)21-20(16)22-23(21)25(26-28-8-1-9-29-26)31-30-24(22)14-2-4-15(5-3-14)27(34)35/h1-9,16-21,23,25,33H,10-13H2,(H,34,35). The molecule has 35 heavy (non-hydrogen) atoms. The Hall–Kier alpha value is -3.23. The van der Waals surface area contributed by atoms with Crippen molar-refractivity contribution in [2.45, 2.75) is 6.04 Å². The maximum absolute atomic E-state index is 11.4. The number of rotatable bonds is 5. The molecule has 8 rings (SSSR count). The fourth-order valence-corrected chi connectivity index (χ4v) is 7.72. The molecule has 0 amide bonds. The lowest BCUT2D eigenvalue weighted by Crippen LogP contribution is -2.60. The Kier molecular flexibility index (Phi) is 4.76. The summed E-state index contributed by atoms with van der Waals surface area (Å²) in [5.41, 5.74) is 3.41. The number of azo groups is 1. The van der Waals surface area contributed by atoms with Crippen LogP contribution < -0.4 is 0 Å². The van der Waals surface area contributed by atoms with E-state index in [1.54, 1.807) is 24.5 Å². The number of carboxylic acid groups (broad SMARTS) is 1. The molecule has 178 valence electrons. The SMILES string of the molecule is O=C(O)c1ccc(C2=C3C(C(c4ncccn4)N=N2)C2C4C=CC(C5CN(CCO)CC45)C32)cc1. The summed E-state index contributed by atoms with van der Waals surface area (Å²) in [6, 6.07) is 8.62. The van der Waals surface area contributed by atoms with Gasteiger partial charge in [-0.3, -0.25) is 0 Å². The van der Waals surface area contributed by atoms with Crippen LogP contribution in [0.15, 0.2) is 70.7 Å². The highest BCUT2D eigenvalue weighted by molar-refractivity contribution is 5.88. The third kappa shape index (κ3) is 3.02. The predicted molar refractivity (Wildman–Crippen MR) is 127 cm³/mol. The van der Waals surface area contributed by atoms with Gasteiger partial charge >= 0.3 is 5.97 Å². The lowest BCUT2D eigenvalue weighted by Gasteiger charge is -2.63. The summed E-state index contributed by atoms with van der Waals surface area (Å²) >= 11 is 0. The molecule has 1 aromatic heterocycles. The highest BCUT2D eigenvalue weighted by Gasteiger charge is 2.66. The number of aliphatic hydroxyl groups is 1. The number of carbonyl (C=O) groups is 1. The van der Waals surface area contributed by atoms with Crippen molar-refractivity contribution < 1.29 is 15.0 Å². The van der Waals surface area contributed by atoms with E-state index in [4.69, 9.17) is 10.2 Å². The molecule has 2 N–H and O–H groups in total. The van der Waals surface area contributed by atoms with Gasteiger partial charge in [0.15, 0.2) is 5.82 Å². The predicted octanol–water partition coefficient (Wildman–Crippen LogP) is 3.31.